The number of pyridine rings is 2. The number of hydrogen-bond donors (Lipinski definition) is 2. The van der Waals surface area contributed by atoms with Gasteiger partial charge in [-0.05, 0) is 51.5 Å². The fourth-order valence-corrected chi connectivity index (χ4v) is 1.78. The summed E-state index contributed by atoms with van der Waals surface area (Å²) < 4.78 is 5.17. The highest BCUT2D eigenvalue weighted by Gasteiger charge is 2.16. The number of nitrogens with one attached hydrogen (secondary N) is 2. The van der Waals surface area contributed by atoms with Gasteiger partial charge in [0.2, 0.25) is 0 Å². The molecule has 122 valence electrons. The van der Waals surface area contributed by atoms with Crippen molar-refractivity contribution in [2.45, 2.75) is 39.8 Å². The Hall–Kier alpha value is -2.63. The number of ether oxygens (including phenoxy) is 1. The van der Waals surface area contributed by atoms with Crippen LogP contribution in [0.3, 0.4) is 0 Å². The van der Waals surface area contributed by atoms with Crippen LogP contribution in [0.2, 0.25) is 0 Å². The van der Waals surface area contributed by atoms with Gasteiger partial charge in [0.25, 0.3) is 0 Å². The lowest BCUT2D eigenvalue weighted by Crippen LogP contribution is -2.27. The van der Waals surface area contributed by atoms with Crippen LogP contribution in [0.25, 0.3) is 0 Å². The van der Waals surface area contributed by atoms with Crippen molar-refractivity contribution in [2.75, 3.05) is 10.6 Å². The zero-order valence-electron chi connectivity index (χ0n) is 13.9. The Balaban J connectivity index is 1.87. The molecule has 2 heterocycles. The Morgan fingerprint density at radius 1 is 1.13 bits per heavy atom. The van der Waals surface area contributed by atoms with E-state index in [2.05, 4.69) is 20.6 Å². The summed E-state index contributed by atoms with van der Waals surface area (Å²) in [5, 5.41) is 5.82. The fourth-order valence-electron chi connectivity index (χ4n) is 1.78. The van der Waals surface area contributed by atoms with Gasteiger partial charge in [0, 0.05) is 6.20 Å². The van der Waals surface area contributed by atoms with Crippen LogP contribution in [0.15, 0.2) is 36.7 Å². The number of anilines is 2. The van der Waals surface area contributed by atoms with Gasteiger partial charge < -0.3 is 10.1 Å². The third kappa shape index (κ3) is 5.94. The quantitative estimate of drug-likeness (QED) is 0.899. The lowest BCUT2D eigenvalue weighted by molar-refractivity contribution is 0.0635. The second kappa shape index (κ2) is 7.09. The molecule has 0 bridgehead atoms. The topological polar surface area (TPSA) is 76.1 Å². The van der Waals surface area contributed by atoms with Gasteiger partial charge in [-0.1, -0.05) is 6.07 Å². The van der Waals surface area contributed by atoms with E-state index >= 15 is 0 Å². The number of carbonyl (C=O) groups is 1. The summed E-state index contributed by atoms with van der Waals surface area (Å²) in [4.78, 5) is 20.2. The van der Waals surface area contributed by atoms with Gasteiger partial charge in [-0.3, -0.25) is 10.3 Å². The molecule has 0 spiro atoms. The summed E-state index contributed by atoms with van der Waals surface area (Å²) in [5.74, 6) is 0.443. The molecule has 2 aromatic heterocycles. The highest BCUT2D eigenvalue weighted by molar-refractivity contribution is 5.83. The first-order valence-corrected chi connectivity index (χ1v) is 7.43. The van der Waals surface area contributed by atoms with E-state index in [0.29, 0.717) is 12.4 Å². The molecule has 0 aliphatic rings. The van der Waals surface area contributed by atoms with Crippen molar-refractivity contribution >= 4 is 17.6 Å². The molecule has 0 saturated carbocycles. The van der Waals surface area contributed by atoms with Crippen LogP contribution in [-0.2, 0) is 11.3 Å². The Labute approximate surface area is 136 Å². The van der Waals surface area contributed by atoms with Crippen LogP contribution in [-0.4, -0.2) is 21.7 Å². The summed E-state index contributed by atoms with van der Waals surface area (Å²) in [6, 6.07) is 7.56. The maximum atomic E-state index is 11.7. The van der Waals surface area contributed by atoms with Crippen molar-refractivity contribution in [3.8, 4) is 0 Å². The average Bonchev–Trinajstić information content (AvgIpc) is 2.46. The van der Waals surface area contributed by atoms with Gasteiger partial charge >= 0.3 is 6.09 Å². The Bertz CT molecular complexity index is 646. The molecule has 0 aliphatic heterocycles. The highest BCUT2D eigenvalue weighted by atomic mass is 16.6. The van der Waals surface area contributed by atoms with Crippen molar-refractivity contribution in [3.63, 3.8) is 0 Å². The van der Waals surface area contributed by atoms with E-state index in [4.69, 9.17) is 4.74 Å². The fraction of sp³-hybridized carbons (Fsp3) is 0.353. The molecule has 0 aliphatic carbocycles. The summed E-state index contributed by atoms with van der Waals surface area (Å²) in [7, 11) is 0. The lowest BCUT2D eigenvalue weighted by Gasteiger charge is -2.19. The summed E-state index contributed by atoms with van der Waals surface area (Å²) in [5.41, 5.74) is 2.40. The monoisotopic (exact) mass is 314 g/mol. The first-order valence-electron chi connectivity index (χ1n) is 7.43. The summed E-state index contributed by atoms with van der Waals surface area (Å²) in [6.07, 6.45) is 2.97. The Morgan fingerprint density at radius 2 is 1.91 bits per heavy atom. The number of carbonyl (C=O) groups excluding carboxylic acids is 1. The van der Waals surface area contributed by atoms with Crippen molar-refractivity contribution in [1.29, 1.82) is 0 Å². The van der Waals surface area contributed by atoms with Crippen LogP contribution in [0, 0.1) is 6.92 Å². The third-order valence-electron chi connectivity index (χ3n) is 2.84. The minimum atomic E-state index is -0.535. The van der Waals surface area contributed by atoms with Gasteiger partial charge in [-0.25, -0.2) is 9.78 Å². The molecule has 6 nitrogen and oxygen atoms in total. The SMILES string of the molecule is Cc1ccc(CNc2ccc(NC(=O)OC(C)(C)C)nc2)nc1. The maximum absolute atomic E-state index is 11.7. The first-order chi connectivity index (χ1) is 10.8. The predicted octanol–water partition coefficient (Wildman–Crippen LogP) is 3.74. The van der Waals surface area contributed by atoms with Gasteiger partial charge in [0.05, 0.1) is 24.1 Å². The molecule has 0 saturated heterocycles. The number of rotatable bonds is 4. The minimum Gasteiger partial charge on any atom is -0.444 e. The highest BCUT2D eigenvalue weighted by Crippen LogP contribution is 2.13. The minimum absolute atomic E-state index is 0.443. The maximum Gasteiger partial charge on any atom is 0.413 e. The van der Waals surface area contributed by atoms with E-state index in [0.717, 1.165) is 16.9 Å². The predicted molar refractivity (Wildman–Crippen MR) is 90.4 cm³/mol. The number of nitrogens with zero attached hydrogens (tertiary/aromatic N) is 2. The second-order valence-electron chi connectivity index (χ2n) is 6.24. The van der Waals surface area contributed by atoms with Crippen molar-refractivity contribution in [1.82, 2.24) is 9.97 Å². The smallest absolute Gasteiger partial charge is 0.413 e. The van der Waals surface area contributed by atoms with Crippen molar-refractivity contribution in [3.05, 3.63) is 47.9 Å². The van der Waals surface area contributed by atoms with Crippen LogP contribution < -0.4 is 10.6 Å². The van der Waals surface area contributed by atoms with Crippen LogP contribution >= 0.6 is 0 Å². The van der Waals surface area contributed by atoms with Crippen molar-refractivity contribution < 1.29 is 9.53 Å². The molecule has 0 aromatic carbocycles. The standard InChI is InChI=1S/C17H22N4O2/c1-12-5-6-13(18-9-12)10-19-14-7-8-15(20-11-14)21-16(22)23-17(2,3)4/h5-9,11,19H,10H2,1-4H3,(H,20,21,22). The zero-order chi connectivity index (χ0) is 16.9. The molecule has 0 radical (unpaired) electrons. The average molecular weight is 314 g/mol. The van der Waals surface area contributed by atoms with E-state index in [1.165, 1.54) is 0 Å². The number of aryl methyl sites for hydroxylation is 1. The summed E-state index contributed by atoms with van der Waals surface area (Å²) >= 11 is 0. The molecule has 2 rings (SSSR count). The summed E-state index contributed by atoms with van der Waals surface area (Å²) in [6.45, 7) is 8.05. The zero-order valence-corrected chi connectivity index (χ0v) is 13.9. The van der Waals surface area contributed by atoms with Gasteiger partial charge in [-0.2, -0.15) is 0 Å². The van der Waals surface area contributed by atoms with Crippen LogP contribution in [0.4, 0.5) is 16.3 Å². The number of amides is 1. The molecule has 1 amide bonds. The van der Waals surface area contributed by atoms with Crippen LogP contribution in [0.1, 0.15) is 32.0 Å². The molecule has 0 atom stereocenters. The van der Waals surface area contributed by atoms with Crippen LogP contribution in [0.5, 0.6) is 0 Å². The third-order valence-corrected chi connectivity index (χ3v) is 2.84. The molecule has 6 heteroatoms. The van der Waals surface area contributed by atoms with Gasteiger partial charge in [-0.15, -0.1) is 0 Å². The number of hydrogen-bond acceptors (Lipinski definition) is 5. The Morgan fingerprint density at radius 3 is 2.48 bits per heavy atom. The molecular formula is C17H22N4O2. The molecule has 23 heavy (non-hydrogen) atoms. The molecule has 0 unspecified atom stereocenters. The molecule has 0 fully saturated rings. The van der Waals surface area contributed by atoms with E-state index in [1.807, 2.05) is 52.1 Å². The largest absolute Gasteiger partial charge is 0.444 e. The second-order valence-corrected chi connectivity index (χ2v) is 6.24. The van der Waals surface area contributed by atoms with E-state index < -0.39 is 11.7 Å². The van der Waals surface area contributed by atoms with E-state index in [9.17, 15) is 4.79 Å². The van der Waals surface area contributed by atoms with E-state index in [1.54, 1.807) is 12.3 Å². The number of aromatic nitrogens is 2. The van der Waals surface area contributed by atoms with E-state index in [-0.39, 0.29) is 0 Å². The van der Waals surface area contributed by atoms with Gasteiger partial charge in [0.15, 0.2) is 0 Å². The Kier molecular flexibility index (Phi) is 5.16. The molecular weight excluding hydrogens is 292 g/mol. The van der Waals surface area contributed by atoms with Gasteiger partial charge in [0.1, 0.15) is 11.4 Å². The van der Waals surface area contributed by atoms with Crippen molar-refractivity contribution in [2.24, 2.45) is 0 Å². The normalized spacial score (nSPS) is 11.0. The molecule has 2 N–H and O–H groups in total. The first kappa shape index (κ1) is 16.7. The lowest BCUT2D eigenvalue weighted by atomic mass is 10.2. The molecule has 2 aromatic rings.